The SMILES string of the molecule is COc1ccc(F)c(F)c1CN1CC[C@H](N2CCCCC2)C1. The first-order valence-electron chi connectivity index (χ1n) is 8.16. The number of methoxy groups -OCH3 is 1. The Morgan fingerprint density at radius 3 is 2.64 bits per heavy atom. The number of hydrogen-bond donors (Lipinski definition) is 0. The van der Waals surface area contributed by atoms with E-state index >= 15 is 0 Å². The van der Waals surface area contributed by atoms with Crippen molar-refractivity contribution in [3.8, 4) is 5.75 Å². The summed E-state index contributed by atoms with van der Waals surface area (Å²) >= 11 is 0. The minimum atomic E-state index is -0.803. The van der Waals surface area contributed by atoms with Crippen molar-refractivity contribution < 1.29 is 13.5 Å². The minimum Gasteiger partial charge on any atom is -0.496 e. The van der Waals surface area contributed by atoms with Crippen molar-refractivity contribution in [3.63, 3.8) is 0 Å². The predicted octanol–water partition coefficient (Wildman–Crippen LogP) is 3.03. The van der Waals surface area contributed by atoms with Crippen LogP contribution in [0.25, 0.3) is 0 Å². The third kappa shape index (κ3) is 3.25. The largest absolute Gasteiger partial charge is 0.496 e. The number of hydrogen-bond acceptors (Lipinski definition) is 3. The van der Waals surface area contributed by atoms with Gasteiger partial charge in [0.2, 0.25) is 0 Å². The molecule has 2 fully saturated rings. The molecule has 122 valence electrons. The second kappa shape index (κ2) is 6.92. The second-order valence-corrected chi connectivity index (χ2v) is 6.32. The third-order valence-corrected chi connectivity index (χ3v) is 4.91. The predicted molar refractivity (Wildman–Crippen MR) is 82.0 cm³/mol. The first-order valence-corrected chi connectivity index (χ1v) is 8.16. The van der Waals surface area contributed by atoms with Gasteiger partial charge in [0.05, 0.1) is 7.11 Å². The quantitative estimate of drug-likeness (QED) is 0.850. The number of benzene rings is 1. The summed E-state index contributed by atoms with van der Waals surface area (Å²) in [5.41, 5.74) is 0.335. The molecule has 0 aromatic heterocycles. The molecule has 22 heavy (non-hydrogen) atoms. The van der Waals surface area contributed by atoms with Gasteiger partial charge in [-0.2, -0.15) is 0 Å². The molecule has 2 aliphatic rings. The van der Waals surface area contributed by atoms with E-state index in [1.54, 1.807) is 0 Å². The standard InChI is InChI=1S/C17H24F2N2O/c1-22-16-6-5-15(18)17(19)14(16)12-20-10-7-13(11-20)21-8-3-2-4-9-21/h5-6,13H,2-4,7-12H2,1H3/t13-/m0/s1. The molecule has 1 aromatic rings. The van der Waals surface area contributed by atoms with Crippen LogP contribution in [0.3, 0.4) is 0 Å². The van der Waals surface area contributed by atoms with Gasteiger partial charge >= 0.3 is 0 Å². The van der Waals surface area contributed by atoms with Crippen LogP contribution >= 0.6 is 0 Å². The van der Waals surface area contributed by atoms with Gasteiger partial charge in [-0.25, -0.2) is 8.78 Å². The first-order chi connectivity index (χ1) is 10.7. The van der Waals surface area contributed by atoms with Gasteiger partial charge in [0, 0.05) is 31.2 Å². The molecular weight excluding hydrogens is 286 g/mol. The van der Waals surface area contributed by atoms with Crippen LogP contribution in [-0.2, 0) is 6.54 Å². The van der Waals surface area contributed by atoms with E-state index in [0.29, 0.717) is 23.9 Å². The van der Waals surface area contributed by atoms with Gasteiger partial charge in [0.15, 0.2) is 11.6 Å². The maximum absolute atomic E-state index is 14.1. The number of rotatable bonds is 4. The molecule has 1 aromatic carbocycles. The van der Waals surface area contributed by atoms with Crippen molar-refractivity contribution >= 4 is 0 Å². The summed E-state index contributed by atoms with van der Waals surface area (Å²) in [7, 11) is 1.50. The van der Waals surface area contributed by atoms with E-state index in [9.17, 15) is 8.78 Å². The lowest BCUT2D eigenvalue weighted by Gasteiger charge is -2.32. The van der Waals surface area contributed by atoms with E-state index in [0.717, 1.165) is 25.6 Å². The Bertz CT molecular complexity index is 518. The van der Waals surface area contributed by atoms with Gasteiger partial charge in [0.25, 0.3) is 0 Å². The molecule has 0 N–H and O–H groups in total. The molecule has 5 heteroatoms. The highest BCUT2D eigenvalue weighted by Gasteiger charge is 2.29. The molecule has 2 aliphatic heterocycles. The Hall–Kier alpha value is -1.20. The van der Waals surface area contributed by atoms with Gasteiger partial charge in [-0.05, 0) is 44.5 Å². The summed E-state index contributed by atoms with van der Waals surface area (Å²) in [5, 5.41) is 0. The van der Waals surface area contributed by atoms with Crippen LogP contribution in [0, 0.1) is 11.6 Å². The summed E-state index contributed by atoms with van der Waals surface area (Å²) in [4.78, 5) is 4.77. The zero-order chi connectivity index (χ0) is 15.5. The molecule has 2 saturated heterocycles. The Morgan fingerprint density at radius 1 is 1.14 bits per heavy atom. The van der Waals surface area contributed by atoms with Crippen LogP contribution in [-0.4, -0.2) is 49.1 Å². The molecule has 0 spiro atoms. The number of ether oxygens (including phenoxy) is 1. The van der Waals surface area contributed by atoms with Gasteiger partial charge in [-0.1, -0.05) is 6.42 Å². The van der Waals surface area contributed by atoms with E-state index in [1.807, 2.05) is 0 Å². The van der Waals surface area contributed by atoms with Crippen molar-refractivity contribution in [2.75, 3.05) is 33.3 Å². The number of piperidine rings is 1. The second-order valence-electron chi connectivity index (χ2n) is 6.32. The fourth-order valence-corrected chi connectivity index (χ4v) is 3.67. The molecule has 0 unspecified atom stereocenters. The number of nitrogens with zero attached hydrogens (tertiary/aromatic N) is 2. The van der Waals surface area contributed by atoms with Crippen LogP contribution < -0.4 is 4.74 Å². The Balaban J connectivity index is 1.66. The lowest BCUT2D eigenvalue weighted by molar-refractivity contribution is 0.160. The average molecular weight is 310 g/mol. The lowest BCUT2D eigenvalue weighted by atomic mass is 10.1. The maximum atomic E-state index is 14.1. The fourth-order valence-electron chi connectivity index (χ4n) is 3.67. The van der Waals surface area contributed by atoms with E-state index in [-0.39, 0.29) is 0 Å². The topological polar surface area (TPSA) is 15.7 Å². The van der Waals surface area contributed by atoms with Gasteiger partial charge in [-0.15, -0.1) is 0 Å². The smallest absolute Gasteiger partial charge is 0.167 e. The summed E-state index contributed by atoms with van der Waals surface area (Å²) in [6.45, 7) is 4.63. The molecule has 0 amide bonds. The lowest BCUT2D eigenvalue weighted by Crippen LogP contribution is -2.40. The zero-order valence-electron chi connectivity index (χ0n) is 13.2. The minimum absolute atomic E-state index is 0.335. The van der Waals surface area contributed by atoms with E-state index in [2.05, 4.69) is 9.80 Å². The van der Waals surface area contributed by atoms with Gasteiger partial charge < -0.3 is 4.74 Å². The van der Waals surface area contributed by atoms with E-state index < -0.39 is 11.6 Å². The van der Waals surface area contributed by atoms with Crippen LogP contribution in [0.1, 0.15) is 31.2 Å². The summed E-state index contributed by atoms with van der Waals surface area (Å²) in [6, 6.07) is 3.19. The Kier molecular flexibility index (Phi) is 4.93. The van der Waals surface area contributed by atoms with Crippen molar-refractivity contribution in [2.45, 2.75) is 38.3 Å². The Morgan fingerprint density at radius 2 is 1.91 bits per heavy atom. The highest BCUT2D eigenvalue weighted by Crippen LogP contribution is 2.28. The maximum Gasteiger partial charge on any atom is 0.167 e. The molecule has 0 bridgehead atoms. The van der Waals surface area contributed by atoms with Crippen molar-refractivity contribution in [1.82, 2.24) is 9.80 Å². The molecule has 2 heterocycles. The number of halogens is 2. The normalized spacial score (nSPS) is 23.9. The molecule has 0 saturated carbocycles. The van der Waals surface area contributed by atoms with Crippen LogP contribution in [0.4, 0.5) is 8.78 Å². The highest BCUT2D eigenvalue weighted by atomic mass is 19.2. The molecular formula is C17H24F2N2O. The van der Waals surface area contributed by atoms with Crippen molar-refractivity contribution in [1.29, 1.82) is 0 Å². The Labute approximate surface area is 130 Å². The van der Waals surface area contributed by atoms with E-state index in [1.165, 1.54) is 45.5 Å². The monoisotopic (exact) mass is 310 g/mol. The van der Waals surface area contributed by atoms with Crippen LogP contribution in [0.5, 0.6) is 5.75 Å². The molecule has 3 rings (SSSR count). The van der Waals surface area contributed by atoms with Gasteiger partial charge in [0.1, 0.15) is 5.75 Å². The average Bonchev–Trinajstić information content (AvgIpc) is 3.02. The first kappa shape index (κ1) is 15.7. The van der Waals surface area contributed by atoms with Crippen LogP contribution in [0.15, 0.2) is 12.1 Å². The van der Waals surface area contributed by atoms with Crippen LogP contribution in [0.2, 0.25) is 0 Å². The zero-order valence-corrected chi connectivity index (χ0v) is 13.2. The summed E-state index contributed by atoms with van der Waals surface area (Å²) < 4.78 is 32.7. The molecule has 3 nitrogen and oxygen atoms in total. The van der Waals surface area contributed by atoms with Gasteiger partial charge in [-0.3, -0.25) is 9.80 Å². The van der Waals surface area contributed by atoms with Crippen molar-refractivity contribution in [3.05, 3.63) is 29.3 Å². The highest BCUT2D eigenvalue weighted by molar-refractivity contribution is 5.35. The summed E-state index contributed by atoms with van der Waals surface area (Å²) in [5.74, 6) is -1.15. The fraction of sp³-hybridized carbons (Fsp3) is 0.647. The molecule has 0 aliphatic carbocycles. The molecule has 1 atom stereocenters. The molecule has 0 radical (unpaired) electrons. The number of likely N-dealkylation sites (tertiary alicyclic amines) is 2. The third-order valence-electron chi connectivity index (χ3n) is 4.91. The summed E-state index contributed by atoms with van der Waals surface area (Å²) in [6.07, 6.45) is 5.00. The van der Waals surface area contributed by atoms with E-state index in [4.69, 9.17) is 4.74 Å². The van der Waals surface area contributed by atoms with Crippen molar-refractivity contribution in [2.24, 2.45) is 0 Å².